The second-order valence-corrected chi connectivity index (χ2v) is 10.0. The summed E-state index contributed by atoms with van der Waals surface area (Å²) in [6.45, 7) is 6.69. The van der Waals surface area contributed by atoms with Crippen LogP contribution in [0.1, 0.15) is 52.9 Å². The number of nitrogens with one attached hydrogen (secondary N) is 1. The Kier molecular flexibility index (Phi) is 9.11. The van der Waals surface area contributed by atoms with Crippen molar-refractivity contribution in [2.75, 3.05) is 30.8 Å². The van der Waals surface area contributed by atoms with Crippen molar-refractivity contribution in [2.45, 2.75) is 63.0 Å². The van der Waals surface area contributed by atoms with Gasteiger partial charge in [-0.3, -0.25) is 4.79 Å². The van der Waals surface area contributed by atoms with Gasteiger partial charge in [0.1, 0.15) is 5.75 Å². The van der Waals surface area contributed by atoms with Gasteiger partial charge in [-0.15, -0.1) is 11.8 Å². The monoisotopic (exact) mass is 428 g/mol. The van der Waals surface area contributed by atoms with Gasteiger partial charge >= 0.3 is 0 Å². The minimum absolute atomic E-state index is 0.131. The van der Waals surface area contributed by atoms with Crippen molar-refractivity contribution in [3.8, 4) is 5.75 Å². The molecule has 6 nitrogen and oxygen atoms in total. The Morgan fingerprint density at radius 3 is 2.46 bits per heavy atom. The molecule has 2 rings (SSSR count). The van der Waals surface area contributed by atoms with Gasteiger partial charge in [0.25, 0.3) is 0 Å². The van der Waals surface area contributed by atoms with Crippen molar-refractivity contribution in [1.29, 1.82) is 0 Å². The van der Waals surface area contributed by atoms with Crippen LogP contribution in [0.4, 0.5) is 5.69 Å². The van der Waals surface area contributed by atoms with Crippen molar-refractivity contribution >= 4 is 33.4 Å². The summed E-state index contributed by atoms with van der Waals surface area (Å²) in [7, 11) is -3.60. The molecule has 28 heavy (non-hydrogen) atoms. The van der Waals surface area contributed by atoms with E-state index in [0.29, 0.717) is 42.1 Å². The summed E-state index contributed by atoms with van der Waals surface area (Å²) < 4.78 is 32.6. The van der Waals surface area contributed by atoms with Gasteiger partial charge in [0.15, 0.2) is 0 Å². The first-order chi connectivity index (χ1) is 13.4. The number of sulfonamides is 1. The van der Waals surface area contributed by atoms with E-state index in [2.05, 4.69) is 5.32 Å². The summed E-state index contributed by atoms with van der Waals surface area (Å²) in [5.74, 6) is 0.717. The molecule has 0 atom stereocenters. The molecule has 1 aliphatic rings. The zero-order valence-corrected chi connectivity index (χ0v) is 18.7. The number of ether oxygens (including phenoxy) is 1. The summed E-state index contributed by atoms with van der Waals surface area (Å²) in [6.07, 6.45) is 6.09. The van der Waals surface area contributed by atoms with Gasteiger partial charge in [0.05, 0.1) is 22.9 Å². The normalized spacial score (nSPS) is 15.6. The lowest BCUT2D eigenvalue weighted by atomic mass is 10.0. The third-order valence-corrected chi connectivity index (χ3v) is 8.29. The molecular weight excluding hydrogens is 396 g/mol. The fourth-order valence-electron chi connectivity index (χ4n) is 3.37. The standard InChI is InChI=1S/C20H32N2O4S2/c1-4-22(5-2)28(24,25)17-12-13-19(26-6-3)18(14-17)21-20(23)15-27-16-10-8-7-9-11-16/h12-14,16H,4-11,15H2,1-3H3,(H,21,23). The molecule has 1 aliphatic carbocycles. The minimum Gasteiger partial charge on any atom is -0.492 e. The molecule has 0 heterocycles. The average Bonchev–Trinajstić information content (AvgIpc) is 2.69. The topological polar surface area (TPSA) is 75.7 Å². The van der Waals surface area contributed by atoms with Crippen molar-refractivity contribution in [3.63, 3.8) is 0 Å². The molecule has 0 aliphatic heterocycles. The third kappa shape index (κ3) is 6.12. The molecule has 0 saturated heterocycles. The molecular formula is C20H32N2O4S2. The number of rotatable bonds is 10. The largest absolute Gasteiger partial charge is 0.492 e. The quantitative estimate of drug-likeness (QED) is 0.607. The molecule has 0 aromatic heterocycles. The molecule has 1 amide bonds. The Morgan fingerprint density at radius 2 is 1.86 bits per heavy atom. The van der Waals surface area contributed by atoms with E-state index < -0.39 is 10.0 Å². The average molecular weight is 429 g/mol. The molecule has 0 spiro atoms. The number of thioether (sulfide) groups is 1. The highest BCUT2D eigenvalue weighted by atomic mass is 32.2. The number of amides is 1. The minimum atomic E-state index is -3.60. The van der Waals surface area contributed by atoms with Gasteiger partial charge < -0.3 is 10.1 Å². The van der Waals surface area contributed by atoms with E-state index in [1.165, 1.54) is 48.5 Å². The number of anilines is 1. The lowest BCUT2D eigenvalue weighted by molar-refractivity contribution is -0.113. The summed E-state index contributed by atoms with van der Waals surface area (Å²) >= 11 is 1.69. The van der Waals surface area contributed by atoms with Crippen LogP contribution in [0.5, 0.6) is 5.75 Å². The molecule has 1 aromatic rings. The van der Waals surface area contributed by atoms with Crippen LogP contribution in [0.25, 0.3) is 0 Å². The van der Waals surface area contributed by atoms with E-state index in [9.17, 15) is 13.2 Å². The van der Waals surface area contributed by atoms with E-state index in [1.54, 1.807) is 31.7 Å². The van der Waals surface area contributed by atoms with Crippen LogP contribution in [-0.4, -0.2) is 49.3 Å². The fraction of sp³-hybridized carbons (Fsp3) is 0.650. The Hall–Kier alpha value is -1.25. The smallest absolute Gasteiger partial charge is 0.243 e. The number of hydrogen-bond acceptors (Lipinski definition) is 5. The van der Waals surface area contributed by atoms with E-state index in [0.717, 1.165) is 0 Å². The second-order valence-electron chi connectivity index (χ2n) is 6.80. The lowest BCUT2D eigenvalue weighted by Gasteiger charge is -2.21. The van der Waals surface area contributed by atoms with Gasteiger partial charge in [-0.05, 0) is 38.0 Å². The molecule has 8 heteroatoms. The van der Waals surface area contributed by atoms with E-state index in [1.807, 2.05) is 6.92 Å². The maximum atomic E-state index is 12.8. The molecule has 1 aromatic carbocycles. The van der Waals surface area contributed by atoms with Crippen molar-refractivity contribution in [3.05, 3.63) is 18.2 Å². The third-order valence-electron chi connectivity index (χ3n) is 4.87. The molecule has 1 fully saturated rings. The van der Waals surface area contributed by atoms with Gasteiger partial charge in [-0.1, -0.05) is 33.1 Å². The second kappa shape index (κ2) is 11.1. The van der Waals surface area contributed by atoms with Gasteiger partial charge in [-0.2, -0.15) is 4.31 Å². The van der Waals surface area contributed by atoms with Crippen LogP contribution in [0.2, 0.25) is 0 Å². The Balaban J connectivity index is 2.14. The van der Waals surface area contributed by atoms with E-state index in [4.69, 9.17) is 4.74 Å². The summed E-state index contributed by atoms with van der Waals surface area (Å²) in [5.41, 5.74) is 0.407. The summed E-state index contributed by atoms with van der Waals surface area (Å²) in [5, 5.41) is 3.40. The van der Waals surface area contributed by atoms with E-state index in [-0.39, 0.29) is 10.8 Å². The first kappa shape index (κ1) is 23.0. The van der Waals surface area contributed by atoms with Gasteiger partial charge in [-0.25, -0.2) is 8.42 Å². The molecule has 1 N–H and O–H groups in total. The van der Waals surface area contributed by atoms with Crippen molar-refractivity contribution in [2.24, 2.45) is 0 Å². The molecule has 0 radical (unpaired) electrons. The SMILES string of the molecule is CCOc1ccc(S(=O)(=O)N(CC)CC)cc1NC(=O)CSC1CCCCC1. The number of benzene rings is 1. The molecule has 158 valence electrons. The maximum Gasteiger partial charge on any atom is 0.243 e. The fourth-order valence-corrected chi connectivity index (χ4v) is 5.98. The number of hydrogen-bond donors (Lipinski definition) is 1. The Morgan fingerprint density at radius 1 is 1.18 bits per heavy atom. The van der Waals surface area contributed by atoms with Crippen LogP contribution in [0, 0.1) is 0 Å². The van der Waals surface area contributed by atoms with E-state index >= 15 is 0 Å². The maximum absolute atomic E-state index is 12.8. The first-order valence-corrected chi connectivity index (χ1v) is 12.6. The van der Waals surface area contributed by atoms with Crippen LogP contribution >= 0.6 is 11.8 Å². The van der Waals surface area contributed by atoms with Crippen LogP contribution < -0.4 is 10.1 Å². The molecule has 0 bridgehead atoms. The number of carbonyl (C=O) groups is 1. The predicted octanol–water partition coefficient (Wildman–Crippen LogP) is 4.12. The number of carbonyl (C=O) groups excluding carboxylic acids is 1. The lowest BCUT2D eigenvalue weighted by Crippen LogP contribution is -2.30. The summed E-state index contributed by atoms with van der Waals surface area (Å²) in [4.78, 5) is 12.6. The van der Waals surface area contributed by atoms with Crippen LogP contribution in [0.15, 0.2) is 23.1 Å². The zero-order valence-electron chi connectivity index (χ0n) is 17.1. The van der Waals surface area contributed by atoms with Crippen LogP contribution in [0.3, 0.4) is 0 Å². The van der Waals surface area contributed by atoms with Gasteiger partial charge in [0.2, 0.25) is 15.9 Å². The Labute approximate surface area is 173 Å². The highest BCUT2D eigenvalue weighted by Crippen LogP contribution is 2.31. The highest BCUT2D eigenvalue weighted by molar-refractivity contribution is 8.00. The van der Waals surface area contributed by atoms with Gasteiger partial charge in [0, 0.05) is 18.3 Å². The Bertz CT molecular complexity index is 743. The van der Waals surface area contributed by atoms with Crippen molar-refractivity contribution < 1.29 is 17.9 Å². The van der Waals surface area contributed by atoms with Crippen LogP contribution in [-0.2, 0) is 14.8 Å². The molecule has 1 saturated carbocycles. The summed E-state index contributed by atoms with van der Waals surface area (Å²) in [6, 6.07) is 4.65. The molecule has 0 unspecified atom stereocenters. The highest BCUT2D eigenvalue weighted by Gasteiger charge is 2.23. The predicted molar refractivity (Wildman–Crippen MR) is 116 cm³/mol. The number of nitrogens with zero attached hydrogens (tertiary/aromatic N) is 1. The van der Waals surface area contributed by atoms with Crippen molar-refractivity contribution in [1.82, 2.24) is 4.31 Å². The zero-order chi connectivity index (χ0) is 20.6. The first-order valence-electron chi connectivity index (χ1n) is 10.1.